The van der Waals surface area contributed by atoms with E-state index in [9.17, 15) is 4.39 Å². The SMILES string of the molecule is Cc1ccc(CNc2ccc(F)c(Br)c2)c(Br)c1. The minimum absolute atomic E-state index is 0.253. The van der Waals surface area contributed by atoms with Gasteiger partial charge in [-0.1, -0.05) is 28.1 Å². The molecule has 2 aromatic carbocycles. The van der Waals surface area contributed by atoms with E-state index in [1.807, 2.05) is 0 Å². The van der Waals surface area contributed by atoms with Crippen molar-refractivity contribution in [1.29, 1.82) is 0 Å². The molecule has 0 saturated carbocycles. The van der Waals surface area contributed by atoms with Crippen LogP contribution in [0.15, 0.2) is 45.3 Å². The van der Waals surface area contributed by atoms with Gasteiger partial charge in [-0.25, -0.2) is 4.39 Å². The summed E-state index contributed by atoms with van der Waals surface area (Å²) in [6.45, 7) is 2.75. The van der Waals surface area contributed by atoms with Crippen LogP contribution < -0.4 is 5.32 Å². The van der Waals surface area contributed by atoms with Gasteiger partial charge in [-0.05, 0) is 58.2 Å². The van der Waals surface area contributed by atoms with E-state index in [4.69, 9.17) is 0 Å². The van der Waals surface area contributed by atoms with Gasteiger partial charge in [0.2, 0.25) is 0 Å². The smallest absolute Gasteiger partial charge is 0.137 e. The fourth-order valence-corrected chi connectivity index (χ4v) is 2.61. The first-order chi connectivity index (χ1) is 8.56. The van der Waals surface area contributed by atoms with E-state index in [1.165, 1.54) is 17.2 Å². The zero-order chi connectivity index (χ0) is 13.1. The predicted molar refractivity (Wildman–Crippen MR) is 80.3 cm³/mol. The van der Waals surface area contributed by atoms with E-state index in [0.717, 1.165) is 10.2 Å². The molecule has 0 unspecified atom stereocenters. The quantitative estimate of drug-likeness (QED) is 0.773. The van der Waals surface area contributed by atoms with Crippen molar-refractivity contribution in [3.05, 3.63) is 62.3 Å². The highest BCUT2D eigenvalue weighted by molar-refractivity contribution is 9.10. The monoisotopic (exact) mass is 371 g/mol. The average Bonchev–Trinajstić information content (AvgIpc) is 2.32. The molecular formula is C14H12Br2FN. The molecule has 4 heteroatoms. The largest absolute Gasteiger partial charge is 0.381 e. The lowest BCUT2D eigenvalue weighted by Crippen LogP contribution is -2.00. The van der Waals surface area contributed by atoms with Crippen molar-refractivity contribution in [2.75, 3.05) is 5.32 Å². The molecule has 0 bridgehead atoms. The Morgan fingerprint density at radius 3 is 2.50 bits per heavy atom. The first-order valence-electron chi connectivity index (χ1n) is 5.50. The van der Waals surface area contributed by atoms with Crippen molar-refractivity contribution in [3.63, 3.8) is 0 Å². The minimum atomic E-state index is -0.253. The lowest BCUT2D eigenvalue weighted by atomic mass is 10.1. The number of anilines is 1. The maximum absolute atomic E-state index is 13.1. The Morgan fingerprint density at radius 1 is 1.06 bits per heavy atom. The van der Waals surface area contributed by atoms with E-state index in [-0.39, 0.29) is 5.82 Å². The highest BCUT2D eigenvalue weighted by Gasteiger charge is 2.02. The number of halogens is 3. The predicted octanol–water partition coefficient (Wildman–Crippen LogP) is 5.27. The van der Waals surface area contributed by atoms with Gasteiger partial charge in [0, 0.05) is 16.7 Å². The van der Waals surface area contributed by atoms with E-state index in [2.05, 4.69) is 62.3 Å². The highest BCUT2D eigenvalue weighted by atomic mass is 79.9. The summed E-state index contributed by atoms with van der Waals surface area (Å²) in [5.41, 5.74) is 3.27. The van der Waals surface area contributed by atoms with Gasteiger partial charge in [-0.3, -0.25) is 0 Å². The molecule has 0 aliphatic heterocycles. The van der Waals surface area contributed by atoms with Gasteiger partial charge in [-0.15, -0.1) is 0 Å². The first-order valence-corrected chi connectivity index (χ1v) is 7.09. The average molecular weight is 373 g/mol. The lowest BCUT2D eigenvalue weighted by molar-refractivity contribution is 0.621. The third-order valence-electron chi connectivity index (χ3n) is 2.61. The van der Waals surface area contributed by atoms with Crippen LogP contribution >= 0.6 is 31.9 Å². The van der Waals surface area contributed by atoms with E-state index >= 15 is 0 Å². The maximum atomic E-state index is 13.1. The second kappa shape index (κ2) is 5.85. The van der Waals surface area contributed by atoms with Gasteiger partial charge in [-0.2, -0.15) is 0 Å². The molecule has 0 atom stereocenters. The van der Waals surface area contributed by atoms with Gasteiger partial charge in [0.1, 0.15) is 5.82 Å². The van der Waals surface area contributed by atoms with Gasteiger partial charge in [0.05, 0.1) is 4.47 Å². The minimum Gasteiger partial charge on any atom is -0.381 e. The van der Waals surface area contributed by atoms with Crippen molar-refractivity contribution in [2.45, 2.75) is 13.5 Å². The summed E-state index contributed by atoms with van der Waals surface area (Å²) in [7, 11) is 0. The number of hydrogen-bond donors (Lipinski definition) is 1. The Balaban J connectivity index is 2.09. The molecule has 0 spiro atoms. The number of rotatable bonds is 3. The van der Waals surface area contributed by atoms with Crippen molar-refractivity contribution in [1.82, 2.24) is 0 Å². The second-order valence-electron chi connectivity index (χ2n) is 4.08. The third-order valence-corrected chi connectivity index (χ3v) is 3.96. The van der Waals surface area contributed by atoms with Gasteiger partial charge >= 0.3 is 0 Å². The van der Waals surface area contributed by atoms with Crippen LogP contribution in [-0.4, -0.2) is 0 Å². The standard InChI is InChI=1S/C14H12Br2FN/c1-9-2-3-10(12(15)6-9)8-18-11-4-5-14(17)13(16)7-11/h2-7,18H,8H2,1H3. The molecule has 1 N–H and O–H groups in total. The molecule has 1 nitrogen and oxygen atoms in total. The molecule has 0 radical (unpaired) electrons. The maximum Gasteiger partial charge on any atom is 0.137 e. The van der Waals surface area contributed by atoms with E-state index < -0.39 is 0 Å². The van der Waals surface area contributed by atoms with Crippen LogP contribution in [0.5, 0.6) is 0 Å². The summed E-state index contributed by atoms with van der Waals surface area (Å²) in [5, 5.41) is 3.26. The molecule has 2 aromatic rings. The van der Waals surface area contributed by atoms with Gasteiger partial charge in [0.25, 0.3) is 0 Å². The summed E-state index contributed by atoms with van der Waals surface area (Å²) < 4.78 is 14.6. The Labute approximate surface area is 123 Å². The number of aryl methyl sites for hydroxylation is 1. The first kappa shape index (κ1) is 13.6. The summed E-state index contributed by atoms with van der Waals surface area (Å²) in [4.78, 5) is 0. The number of benzene rings is 2. The van der Waals surface area contributed by atoms with Crippen molar-refractivity contribution >= 4 is 37.5 Å². The van der Waals surface area contributed by atoms with Crippen LogP contribution in [0.3, 0.4) is 0 Å². The van der Waals surface area contributed by atoms with E-state index in [0.29, 0.717) is 11.0 Å². The van der Waals surface area contributed by atoms with Crippen LogP contribution in [0.2, 0.25) is 0 Å². The molecule has 0 fully saturated rings. The number of hydrogen-bond acceptors (Lipinski definition) is 1. The summed E-state index contributed by atoms with van der Waals surface area (Å²) >= 11 is 6.71. The number of nitrogens with one attached hydrogen (secondary N) is 1. The van der Waals surface area contributed by atoms with Gasteiger partial charge in [0.15, 0.2) is 0 Å². The molecule has 18 heavy (non-hydrogen) atoms. The zero-order valence-electron chi connectivity index (χ0n) is 9.81. The molecule has 2 rings (SSSR count). The lowest BCUT2D eigenvalue weighted by Gasteiger charge is -2.09. The molecule has 0 saturated heterocycles. The molecule has 0 heterocycles. The zero-order valence-corrected chi connectivity index (χ0v) is 13.0. The Kier molecular flexibility index (Phi) is 4.40. The molecule has 0 amide bonds. The Bertz CT molecular complexity index is 570. The van der Waals surface area contributed by atoms with Crippen LogP contribution in [0.1, 0.15) is 11.1 Å². The summed E-state index contributed by atoms with van der Waals surface area (Å²) in [6, 6.07) is 11.1. The van der Waals surface area contributed by atoms with Gasteiger partial charge < -0.3 is 5.32 Å². The summed E-state index contributed by atoms with van der Waals surface area (Å²) in [6.07, 6.45) is 0. The molecule has 0 aliphatic carbocycles. The molecule has 94 valence electrons. The highest BCUT2D eigenvalue weighted by Crippen LogP contribution is 2.22. The normalized spacial score (nSPS) is 10.4. The summed E-state index contributed by atoms with van der Waals surface area (Å²) in [5.74, 6) is -0.253. The van der Waals surface area contributed by atoms with Crippen LogP contribution in [0.25, 0.3) is 0 Å². The fraction of sp³-hybridized carbons (Fsp3) is 0.143. The molecule has 0 aromatic heterocycles. The van der Waals surface area contributed by atoms with Crippen molar-refractivity contribution in [2.24, 2.45) is 0 Å². The van der Waals surface area contributed by atoms with Crippen LogP contribution in [0, 0.1) is 12.7 Å². The molecular weight excluding hydrogens is 361 g/mol. The Morgan fingerprint density at radius 2 is 1.83 bits per heavy atom. The van der Waals surface area contributed by atoms with Crippen LogP contribution in [0.4, 0.5) is 10.1 Å². The third kappa shape index (κ3) is 3.33. The molecule has 0 aliphatic rings. The van der Waals surface area contributed by atoms with Crippen molar-refractivity contribution < 1.29 is 4.39 Å². The Hall–Kier alpha value is -0.870. The second-order valence-corrected chi connectivity index (χ2v) is 5.79. The van der Waals surface area contributed by atoms with Crippen molar-refractivity contribution in [3.8, 4) is 0 Å². The topological polar surface area (TPSA) is 12.0 Å². The van der Waals surface area contributed by atoms with Crippen LogP contribution in [-0.2, 0) is 6.54 Å². The fourth-order valence-electron chi connectivity index (χ4n) is 1.60. The van der Waals surface area contributed by atoms with E-state index in [1.54, 1.807) is 12.1 Å².